The molecule has 0 atom stereocenters. The summed E-state index contributed by atoms with van der Waals surface area (Å²) in [6.07, 6.45) is 3.86. The number of hydrogen-bond acceptors (Lipinski definition) is 5. The monoisotopic (exact) mass is 372 g/mol. The Balaban J connectivity index is 0.00000208. The standard InChI is InChI=1S/C15H20N4O3S.ClH/c16-10-15(7-3-4-8-15)18-13(20)9-17-14-11-5-1-2-6-12(11)23(21,22)19-14;/h1-2,5-6H,3-4,7-10,16H2,(H,17,19)(H,18,20);1H. The lowest BCUT2D eigenvalue weighted by molar-refractivity contribution is -0.121. The molecule has 0 aromatic heterocycles. The first-order chi connectivity index (χ1) is 11.0. The fourth-order valence-corrected chi connectivity index (χ4v) is 4.42. The molecule has 1 saturated carbocycles. The van der Waals surface area contributed by atoms with Crippen LogP contribution in [0, 0.1) is 0 Å². The number of benzene rings is 1. The third-order valence-electron chi connectivity index (χ3n) is 4.40. The normalized spacial score (nSPS) is 21.6. The highest BCUT2D eigenvalue weighted by atomic mass is 35.5. The number of halogens is 1. The third-order valence-corrected chi connectivity index (χ3v) is 5.80. The summed E-state index contributed by atoms with van der Waals surface area (Å²) in [5.41, 5.74) is 5.96. The summed E-state index contributed by atoms with van der Waals surface area (Å²) in [6, 6.07) is 6.57. The van der Waals surface area contributed by atoms with E-state index in [1.807, 2.05) is 0 Å². The van der Waals surface area contributed by atoms with E-state index >= 15 is 0 Å². The first kappa shape index (κ1) is 18.7. The number of fused-ring (bicyclic) bond motifs is 1. The molecule has 3 rings (SSSR count). The Kier molecular flexibility index (Phi) is 5.52. The molecule has 9 heteroatoms. The number of aliphatic imine (C=N–C) groups is 1. The van der Waals surface area contributed by atoms with Gasteiger partial charge in [-0.2, -0.15) is 0 Å². The second-order valence-corrected chi connectivity index (χ2v) is 7.66. The van der Waals surface area contributed by atoms with Gasteiger partial charge in [-0.25, -0.2) is 8.42 Å². The van der Waals surface area contributed by atoms with Crippen molar-refractivity contribution in [2.24, 2.45) is 10.7 Å². The highest BCUT2D eigenvalue weighted by Gasteiger charge is 2.34. The largest absolute Gasteiger partial charge is 0.348 e. The van der Waals surface area contributed by atoms with Crippen LogP contribution in [0.3, 0.4) is 0 Å². The molecular formula is C15H21ClN4O3S. The first-order valence-electron chi connectivity index (χ1n) is 7.64. The topological polar surface area (TPSA) is 114 Å². The zero-order chi connectivity index (χ0) is 16.5. The molecular weight excluding hydrogens is 352 g/mol. The molecule has 1 heterocycles. The summed E-state index contributed by atoms with van der Waals surface area (Å²) in [6.45, 7) is 0.276. The predicted octanol–water partition coefficient (Wildman–Crippen LogP) is 0.535. The minimum Gasteiger partial charge on any atom is -0.348 e. The van der Waals surface area contributed by atoms with E-state index in [1.54, 1.807) is 18.2 Å². The van der Waals surface area contributed by atoms with E-state index in [2.05, 4.69) is 15.0 Å². The maximum Gasteiger partial charge on any atom is 0.263 e. The predicted molar refractivity (Wildman–Crippen MR) is 93.8 cm³/mol. The van der Waals surface area contributed by atoms with E-state index < -0.39 is 10.0 Å². The van der Waals surface area contributed by atoms with Gasteiger partial charge in [-0.3, -0.25) is 14.5 Å². The highest BCUT2D eigenvalue weighted by molar-refractivity contribution is 7.90. The van der Waals surface area contributed by atoms with Gasteiger partial charge in [0, 0.05) is 12.1 Å². The van der Waals surface area contributed by atoms with Crippen molar-refractivity contribution >= 4 is 34.2 Å². The first-order valence-corrected chi connectivity index (χ1v) is 9.12. The van der Waals surface area contributed by atoms with E-state index in [9.17, 15) is 13.2 Å². The molecule has 1 aromatic rings. The molecule has 132 valence electrons. The van der Waals surface area contributed by atoms with Crippen LogP contribution in [-0.4, -0.2) is 38.8 Å². The zero-order valence-corrected chi connectivity index (χ0v) is 14.8. The molecule has 1 amide bonds. The minimum absolute atomic E-state index is 0. The van der Waals surface area contributed by atoms with E-state index in [0.29, 0.717) is 12.1 Å². The van der Waals surface area contributed by atoms with Gasteiger partial charge in [-0.1, -0.05) is 25.0 Å². The summed E-state index contributed by atoms with van der Waals surface area (Å²) in [5, 5.41) is 2.96. The second kappa shape index (κ2) is 7.08. The molecule has 0 radical (unpaired) electrons. The maximum atomic E-state index is 12.1. The Bertz CT molecular complexity index is 758. The van der Waals surface area contributed by atoms with Crippen molar-refractivity contribution in [3.8, 4) is 0 Å². The van der Waals surface area contributed by atoms with Crippen molar-refractivity contribution in [1.82, 2.24) is 10.0 Å². The fraction of sp³-hybridized carbons (Fsp3) is 0.467. The van der Waals surface area contributed by atoms with Gasteiger partial charge >= 0.3 is 0 Å². The lowest BCUT2D eigenvalue weighted by Gasteiger charge is -2.28. The molecule has 1 aromatic carbocycles. The molecule has 2 aliphatic rings. The smallest absolute Gasteiger partial charge is 0.263 e. The van der Waals surface area contributed by atoms with Crippen molar-refractivity contribution in [3.63, 3.8) is 0 Å². The van der Waals surface area contributed by atoms with Gasteiger partial charge in [0.1, 0.15) is 12.4 Å². The molecule has 0 bridgehead atoms. The molecule has 0 spiro atoms. The Labute approximate surface area is 147 Å². The summed E-state index contributed by atoms with van der Waals surface area (Å²) in [5.74, 6) is -0.0302. The van der Waals surface area contributed by atoms with Gasteiger partial charge < -0.3 is 11.1 Å². The van der Waals surface area contributed by atoms with E-state index in [-0.39, 0.29) is 41.1 Å². The minimum atomic E-state index is -3.57. The van der Waals surface area contributed by atoms with E-state index in [0.717, 1.165) is 25.7 Å². The van der Waals surface area contributed by atoms with Crippen LogP contribution in [0.25, 0.3) is 0 Å². The van der Waals surface area contributed by atoms with Gasteiger partial charge in [-0.05, 0) is 25.0 Å². The van der Waals surface area contributed by atoms with Gasteiger partial charge in [0.05, 0.1) is 10.4 Å². The number of hydrogen-bond donors (Lipinski definition) is 3. The van der Waals surface area contributed by atoms with Crippen LogP contribution in [0.2, 0.25) is 0 Å². The molecule has 24 heavy (non-hydrogen) atoms. The molecule has 0 saturated heterocycles. The summed E-state index contributed by atoms with van der Waals surface area (Å²) in [7, 11) is -3.57. The lowest BCUT2D eigenvalue weighted by Crippen LogP contribution is -2.52. The van der Waals surface area contributed by atoms with Crippen LogP contribution in [0.15, 0.2) is 34.2 Å². The summed E-state index contributed by atoms with van der Waals surface area (Å²) < 4.78 is 26.3. The summed E-state index contributed by atoms with van der Waals surface area (Å²) >= 11 is 0. The fourth-order valence-electron chi connectivity index (χ4n) is 3.17. The Morgan fingerprint density at radius 1 is 1.29 bits per heavy atom. The van der Waals surface area contributed by atoms with Crippen molar-refractivity contribution < 1.29 is 13.2 Å². The SMILES string of the molecule is Cl.NCC1(NC(=O)CN=C2NS(=O)(=O)c3ccccc32)CCCC1. The average molecular weight is 373 g/mol. The quantitative estimate of drug-likeness (QED) is 0.715. The number of carbonyl (C=O) groups excluding carboxylic acids is 1. The Morgan fingerprint density at radius 2 is 1.96 bits per heavy atom. The number of sulfonamides is 1. The van der Waals surface area contributed by atoms with Gasteiger partial charge in [0.15, 0.2) is 0 Å². The number of amidine groups is 1. The zero-order valence-electron chi connectivity index (χ0n) is 13.1. The molecule has 1 aliphatic heterocycles. The second-order valence-electron chi connectivity index (χ2n) is 6.01. The van der Waals surface area contributed by atoms with Crippen molar-refractivity contribution in [2.45, 2.75) is 36.1 Å². The van der Waals surface area contributed by atoms with Crippen LogP contribution >= 0.6 is 12.4 Å². The van der Waals surface area contributed by atoms with Gasteiger partial charge in [0.2, 0.25) is 5.91 Å². The van der Waals surface area contributed by atoms with Gasteiger partial charge in [-0.15, -0.1) is 12.4 Å². The Hall–Kier alpha value is -1.64. The third kappa shape index (κ3) is 3.55. The summed E-state index contributed by atoms with van der Waals surface area (Å²) in [4.78, 5) is 16.5. The number of rotatable bonds is 4. The molecule has 4 N–H and O–H groups in total. The molecule has 1 aliphatic carbocycles. The Morgan fingerprint density at radius 3 is 2.62 bits per heavy atom. The van der Waals surface area contributed by atoms with Crippen molar-refractivity contribution in [1.29, 1.82) is 0 Å². The number of nitrogens with one attached hydrogen (secondary N) is 2. The number of amides is 1. The number of carbonyl (C=O) groups is 1. The van der Waals surface area contributed by atoms with Crippen LogP contribution in [0.4, 0.5) is 0 Å². The van der Waals surface area contributed by atoms with Crippen molar-refractivity contribution in [2.75, 3.05) is 13.1 Å². The van der Waals surface area contributed by atoms with Gasteiger partial charge in [0.25, 0.3) is 10.0 Å². The molecule has 7 nitrogen and oxygen atoms in total. The number of nitrogens with zero attached hydrogens (tertiary/aromatic N) is 1. The number of nitrogens with two attached hydrogens (primary N) is 1. The molecule has 1 fully saturated rings. The maximum absolute atomic E-state index is 12.1. The van der Waals surface area contributed by atoms with Crippen molar-refractivity contribution in [3.05, 3.63) is 29.8 Å². The molecule has 0 unspecified atom stereocenters. The van der Waals surface area contributed by atoms with Crippen LogP contribution < -0.4 is 15.8 Å². The highest BCUT2D eigenvalue weighted by Crippen LogP contribution is 2.28. The van der Waals surface area contributed by atoms with E-state index in [4.69, 9.17) is 5.73 Å². The van der Waals surface area contributed by atoms with Crippen LogP contribution in [-0.2, 0) is 14.8 Å². The van der Waals surface area contributed by atoms with Crippen LogP contribution in [0.1, 0.15) is 31.2 Å². The lowest BCUT2D eigenvalue weighted by atomic mass is 9.98. The van der Waals surface area contributed by atoms with Crippen LogP contribution in [0.5, 0.6) is 0 Å². The average Bonchev–Trinajstić information content (AvgIpc) is 3.09. The van der Waals surface area contributed by atoms with E-state index in [1.165, 1.54) is 6.07 Å².